The van der Waals surface area contributed by atoms with Crippen LogP contribution in [0, 0.1) is 0 Å². The van der Waals surface area contributed by atoms with Gasteiger partial charge < -0.3 is 10.5 Å². The molecule has 0 saturated heterocycles. The summed E-state index contributed by atoms with van der Waals surface area (Å²) in [5.41, 5.74) is 5.26. The lowest BCUT2D eigenvalue weighted by atomic mass is 10.4. The van der Waals surface area contributed by atoms with Crippen LogP contribution in [-0.4, -0.2) is 23.9 Å². The van der Waals surface area contributed by atoms with E-state index in [1.807, 2.05) is 0 Å². The third-order valence-electron chi connectivity index (χ3n) is 1.58. The van der Waals surface area contributed by atoms with E-state index in [0.717, 1.165) is 0 Å². The fourth-order valence-electron chi connectivity index (χ4n) is 0.772. The van der Waals surface area contributed by atoms with Crippen LogP contribution in [0.1, 0.15) is 0 Å². The quantitative estimate of drug-likeness (QED) is 0.667. The molecule has 0 amide bonds. The lowest BCUT2D eigenvalue weighted by Crippen LogP contribution is -2.34. The smallest absolute Gasteiger partial charge is 0.340 e. The molecule has 8 heteroatoms. The Morgan fingerprint density at radius 2 is 2.06 bits per heavy atom. The van der Waals surface area contributed by atoms with E-state index in [-0.39, 0.29) is 10.8 Å². The van der Waals surface area contributed by atoms with Crippen LogP contribution in [0.25, 0.3) is 0 Å². The van der Waals surface area contributed by atoms with Gasteiger partial charge in [-0.15, -0.1) is 0 Å². The van der Waals surface area contributed by atoms with Crippen LogP contribution in [0.15, 0.2) is 12.1 Å². The summed E-state index contributed by atoms with van der Waals surface area (Å²) in [7, 11) is 0. The summed E-state index contributed by atoms with van der Waals surface area (Å²) in [4.78, 5) is 3.48. The van der Waals surface area contributed by atoms with Crippen molar-refractivity contribution in [2.45, 2.75) is 12.3 Å². The average Bonchev–Trinajstić information content (AvgIpc) is 2.19. The molecule has 0 aliphatic carbocycles. The Hall–Kier alpha value is -1.24. The van der Waals surface area contributed by atoms with Crippen molar-refractivity contribution in [1.82, 2.24) is 4.98 Å². The first kappa shape index (κ1) is 12.8. The molecule has 1 heterocycles. The van der Waals surface area contributed by atoms with Crippen molar-refractivity contribution in [2.75, 3.05) is 12.3 Å². The second kappa shape index (κ2) is 4.73. The molecule has 3 nitrogen and oxygen atoms in total. The zero-order valence-corrected chi connectivity index (χ0v) is 8.52. The van der Waals surface area contributed by atoms with Gasteiger partial charge in [-0.2, -0.15) is 13.8 Å². The second-order valence-corrected chi connectivity index (χ2v) is 3.27. The van der Waals surface area contributed by atoms with Gasteiger partial charge in [0.25, 0.3) is 0 Å². The summed E-state index contributed by atoms with van der Waals surface area (Å²) in [5, 5.41) is -0.0374. The normalized spacial score (nSPS) is 11.9. The number of alkyl halides is 4. The summed E-state index contributed by atoms with van der Waals surface area (Å²) in [6, 6.07) is 2.58. The molecule has 16 heavy (non-hydrogen) atoms. The van der Waals surface area contributed by atoms with Gasteiger partial charge in [-0.3, -0.25) is 0 Å². The second-order valence-electron chi connectivity index (χ2n) is 2.88. The maximum absolute atomic E-state index is 12.5. The van der Waals surface area contributed by atoms with Gasteiger partial charge in [0.2, 0.25) is 5.88 Å². The molecule has 0 radical (unpaired) electrons. The maximum atomic E-state index is 12.5. The van der Waals surface area contributed by atoms with Gasteiger partial charge in [-0.25, -0.2) is 8.78 Å². The van der Waals surface area contributed by atoms with Gasteiger partial charge in [-0.05, 0) is 12.1 Å². The summed E-state index contributed by atoms with van der Waals surface area (Å²) >= 11 is 5.45. The van der Waals surface area contributed by atoms with E-state index >= 15 is 0 Å². The van der Waals surface area contributed by atoms with Crippen LogP contribution in [-0.2, 0) is 0 Å². The van der Waals surface area contributed by atoms with Gasteiger partial charge in [0.05, 0.1) is 5.69 Å². The van der Waals surface area contributed by atoms with Crippen LogP contribution < -0.4 is 10.5 Å². The lowest BCUT2D eigenvalue weighted by Gasteiger charge is -2.16. The molecule has 0 saturated carbocycles. The Morgan fingerprint density at radius 3 is 2.62 bits per heavy atom. The standard InChI is InChI=1S/C8H7ClF4N2O/c9-5-2-1-4(14)6(15-5)16-3-8(12,13)7(10)11/h1-2,7H,3,14H2. The van der Waals surface area contributed by atoms with Gasteiger partial charge >= 0.3 is 12.3 Å². The molecule has 0 fully saturated rings. The van der Waals surface area contributed by atoms with E-state index in [1.54, 1.807) is 0 Å². The number of nitrogens with zero attached hydrogens (tertiary/aromatic N) is 1. The minimum atomic E-state index is -4.25. The predicted octanol–water partition coefficient (Wildman–Crippen LogP) is 2.60. The maximum Gasteiger partial charge on any atom is 0.340 e. The average molecular weight is 259 g/mol. The van der Waals surface area contributed by atoms with Gasteiger partial charge in [0.15, 0.2) is 6.61 Å². The fourth-order valence-corrected chi connectivity index (χ4v) is 0.912. The molecule has 1 rings (SSSR count). The van der Waals surface area contributed by atoms with E-state index in [4.69, 9.17) is 17.3 Å². The minimum Gasteiger partial charge on any atom is -0.470 e. The van der Waals surface area contributed by atoms with Crippen molar-refractivity contribution < 1.29 is 22.3 Å². The highest BCUT2D eigenvalue weighted by Crippen LogP contribution is 2.26. The lowest BCUT2D eigenvalue weighted by molar-refractivity contribution is -0.148. The number of rotatable bonds is 4. The minimum absolute atomic E-state index is 0.0374. The molecule has 2 N–H and O–H groups in total. The number of halogens is 5. The third-order valence-corrected chi connectivity index (χ3v) is 1.79. The molecule has 0 aliphatic rings. The number of nitrogen functional groups attached to an aromatic ring is 1. The Kier molecular flexibility index (Phi) is 3.79. The highest BCUT2D eigenvalue weighted by atomic mass is 35.5. The van der Waals surface area contributed by atoms with Gasteiger partial charge in [0.1, 0.15) is 5.15 Å². The van der Waals surface area contributed by atoms with E-state index in [9.17, 15) is 17.6 Å². The number of ether oxygens (including phenoxy) is 1. The van der Waals surface area contributed by atoms with Crippen molar-refractivity contribution in [3.8, 4) is 5.88 Å². The van der Waals surface area contributed by atoms with E-state index in [2.05, 4.69) is 9.72 Å². The third kappa shape index (κ3) is 3.13. The SMILES string of the molecule is Nc1ccc(Cl)nc1OCC(F)(F)C(F)F. The molecule has 0 aromatic carbocycles. The number of pyridine rings is 1. The van der Waals surface area contributed by atoms with Crippen LogP contribution in [0.5, 0.6) is 5.88 Å². The molecular formula is C8H7ClF4N2O. The number of hydrogen-bond donors (Lipinski definition) is 1. The van der Waals surface area contributed by atoms with Gasteiger partial charge in [0, 0.05) is 0 Å². The first-order chi connectivity index (χ1) is 7.33. The highest BCUT2D eigenvalue weighted by molar-refractivity contribution is 6.29. The fraction of sp³-hybridized carbons (Fsp3) is 0.375. The molecule has 1 aromatic heterocycles. The summed E-state index contributed by atoms with van der Waals surface area (Å²) < 4.78 is 52.9. The molecule has 0 spiro atoms. The number of hydrogen-bond acceptors (Lipinski definition) is 3. The zero-order chi connectivity index (χ0) is 12.3. The molecular weight excluding hydrogens is 252 g/mol. The van der Waals surface area contributed by atoms with E-state index in [0.29, 0.717) is 0 Å². The van der Waals surface area contributed by atoms with Crippen LogP contribution >= 0.6 is 11.6 Å². The van der Waals surface area contributed by atoms with Crippen molar-refractivity contribution in [2.24, 2.45) is 0 Å². The van der Waals surface area contributed by atoms with Crippen molar-refractivity contribution in [1.29, 1.82) is 0 Å². The van der Waals surface area contributed by atoms with Crippen LogP contribution in [0.3, 0.4) is 0 Å². The first-order valence-corrected chi connectivity index (χ1v) is 4.41. The Bertz CT molecular complexity index is 375. The summed E-state index contributed by atoms with van der Waals surface area (Å²) in [6.07, 6.45) is -3.81. The molecule has 0 unspecified atom stereocenters. The van der Waals surface area contributed by atoms with Crippen molar-refractivity contribution in [3.63, 3.8) is 0 Å². The summed E-state index contributed by atoms with van der Waals surface area (Å²) in [5.74, 6) is -4.65. The molecule has 1 aromatic rings. The van der Waals surface area contributed by atoms with E-state index < -0.39 is 24.8 Å². The van der Waals surface area contributed by atoms with Crippen LogP contribution in [0.4, 0.5) is 23.2 Å². The molecule has 0 bridgehead atoms. The Labute approximate surface area is 93.2 Å². The largest absolute Gasteiger partial charge is 0.470 e. The molecule has 90 valence electrons. The zero-order valence-electron chi connectivity index (χ0n) is 7.76. The Balaban J connectivity index is 2.71. The monoisotopic (exact) mass is 258 g/mol. The number of anilines is 1. The van der Waals surface area contributed by atoms with Crippen molar-refractivity contribution in [3.05, 3.63) is 17.3 Å². The number of aromatic nitrogens is 1. The van der Waals surface area contributed by atoms with E-state index in [1.165, 1.54) is 12.1 Å². The summed E-state index contributed by atoms with van der Waals surface area (Å²) in [6.45, 7) is -1.51. The first-order valence-electron chi connectivity index (χ1n) is 4.03. The predicted molar refractivity (Wildman–Crippen MR) is 50.1 cm³/mol. The molecule has 0 aliphatic heterocycles. The van der Waals surface area contributed by atoms with Crippen LogP contribution in [0.2, 0.25) is 5.15 Å². The molecule has 0 atom stereocenters. The van der Waals surface area contributed by atoms with Crippen molar-refractivity contribution >= 4 is 17.3 Å². The highest BCUT2D eigenvalue weighted by Gasteiger charge is 2.42. The number of nitrogens with two attached hydrogens (primary N) is 1. The van der Waals surface area contributed by atoms with Gasteiger partial charge in [-0.1, -0.05) is 11.6 Å². The Morgan fingerprint density at radius 1 is 1.44 bits per heavy atom. The topological polar surface area (TPSA) is 48.1 Å².